The van der Waals surface area contributed by atoms with Gasteiger partial charge >= 0.3 is 0 Å². The molecule has 1 aromatic heterocycles. The lowest BCUT2D eigenvalue weighted by atomic mass is 9.94. The molecule has 7 nitrogen and oxygen atoms in total. The lowest BCUT2D eigenvalue weighted by Crippen LogP contribution is -2.33. The van der Waals surface area contributed by atoms with Crippen LogP contribution in [-0.4, -0.2) is 60.9 Å². The Hall–Kier alpha value is -3.58. The average Bonchev–Trinajstić information content (AvgIpc) is 3.33. The SMILES string of the molecule is COc1cccc([C@H]2C(C(=O)c3cc4ccccc4o3)=C(O)C(=O)N2CCCN(C)C)c1. The fraction of sp³-hybridized carbons (Fsp3) is 0.280. The molecule has 0 saturated heterocycles. The molecule has 0 bridgehead atoms. The van der Waals surface area contributed by atoms with Crippen molar-refractivity contribution in [3.63, 3.8) is 0 Å². The first-order valence-electron chi connectivity index (χ1n) is 10.5. The average molecular weight is 434 g/mol. The van der Waals surface area contributed by atoms with Crippen LogP contribution in [0.2, 0.25) is 0 Å². The first-order chi connectivity index (χ1) is 15.4. The van der Waals surface area contributed by atoms with Crippen molar-refractivity contribution in [1.29, 1.82) is 0 Å². The van der Waals surface area contributed by atoms with Gasteiger partial charge in [-0.15, -0.1) is 0 Å². The maximum atomic E-state index is 13.5. The molecule has 1 N–H and O–H groups in total. The van der Waals surface area contributed by atoms with Gasteiger partial charge in [-0.2, -0.15) is 0 Å². The van der Waals surface area contributed by atoms with Crippen LogP contribution >= 0.6 is 0 Å². The third-order valence-corrected chi connectivity index (χ3v) is 5.61. The minimum Gasteiger partial charge on any atom is -0.503 e. The van der Waals surface area contributed by atoms with Gasteiger partial charge in [0.15, 0.2) is 11.5 Å². The van der Waals surface area contributed by atoms with Crippen molar-refractivity contribution in [1.82, 2.24) is 9.80 Å². The number of para-hydroxylation sites is 1. The first kappa shape index (κ1) is 21.6. The Morgan fingerprint density at radius 3 is 2.66 bits per heavy atom. The Labute approximate surface area is 186 Å². The van der Waals surface area contributed by atoms with Crippen LogP contribution in [0.25, 0.3) is 11.0 Å². The molecule has 1 aliphatic heterocycles. The number of aliphatic hydroxyl groups excluding tert-OH is 1. The molecule has 0 spiro atoms. The molecule has 2 heterocycles. The quantitative estimate of drug-likeness (QED) is 0.540. The molecule has 0 radical (unpaired) electrons. The summed E-state index contributed by atoms with van der Waals surface area (Å²) in [7, 11) is 5.47. The zero-order chi connectivity index (χ0) is 22.8. The highest BCUT2D eigenvalue weighted by Crippen LogP contribution is 2.40. The van der Waals surface area contributed by atoms with Crippen molar-refractivity contribution in [2.75, 3.05) is 34.3 Å². The number of amides is 1. The number of ketones is 1. The molecule has 0 aliphatic carbocycles. The van der Waals surface area contributed by atoms with E-state index < -0.39 is 23.5 Å². The first-order valence-corrected chi connectivity index (χ1v) is 10.5. The Kier molecular flexibility index (Phi) is 6.01. The summed E-state index contributed by atoms with van der Waals surface area (Å²) >= 11 is 0. The summed E-state index contributed by atoms with van der Waals surface area (Å²) < 4.78 is 11.1. The number of furan rings is 1. The topological polar surface area (TPSA) is 83.2 Å². The number of hydrogen-bond donors (Lipinski definition) is 1. The zero-order valence-corrected chi connectivity index (χ0v) is 18.4. The molecule has 3 aromatic rings. The van der Waals surface area contributed by atoms with Gasteiger partial charge in [-0.05, 0) is 56.9 Å². The fourth-order valence-corrected chi connectivity index (χ4v) is 4.06. The van der Waals surface area contributed by atoms with Crippen molar-refractivity contribution in [3.8, 4) is 5.75 Å². The predicted molar refractivity (Wildman–Crippen MR) is 121 cm³/mol. The van der Waals surface area contributed by atoms with E-state index in [4.69, 9.17) is 9.15 Å². The number of benzene rings is 2. The van der Waals surface area contributed by atoms with E-state index in [0.717, 1.165) is 11.9 Å². The van der Waals surface area contributed by atoms with Crippen LogP contribution in [0.15, 0.2) is 70.3 Å². The Balaban J connectivity index is 1.76. The van der Waals surface area contributed by atoms with Crippen LogP contribution in [0, 0.1) is 0 Å². The van der Waals surface area contributed by atoms with Gasteiger partial charge in [0.05, 0.1) is 18.7 Å². The highest BCUT2D eigenvalue weighted by atomic mass is 16.5. The maximum Gasteiger partial charge on any atom is 0.290 e. The van der Waals surface area contributed by atoms with Crippen molar-refractivity contribution < 1.29 is 23.8 Å². The summed E-state index contributed by atoms with van der Waals surface area (Å²) in [6, 6.07) is 15.4. The highest BCUT2D eigenvalue weighted by molar-refractivity contribution is 6.16. The largest absolute Gasteiger partial charge is 0.503 e. The number of hydrogen-bond acceptors (Lipinski definition) is 6. The normalized spacial score (nSPS) is 16.4. The molecule has 0 unspecified atom stereocenters. The summed E-state index contributed by atoms with van der Waals surface area (Å²) in [5, 5.41) is 11.6. The van der Waals surface area contributed by atoms with Gasteiger partial charge in [0.25, 0.3) is 5.91 Å². The van der Waals surface area contributed by atoms with Gasteiger partial charge in [0.2, 0.25) is 5.78 Å². The summed E-state index contributed by atoms with van der Waals surface area (Å²) in [6.07, 6.45) is 0.693. The van der Waals surface area contributed by atoms with Crippen molar-refractivity contribution in [3.05, 3.63) is 77.3 Å². The Morgan fingerprint density at radius 1 is 1.16 bits per heavy atom. The van der Waals surface area contributed by atoms with Crippen LogP contribution in [0.3, 0.4) is 0 Å². The molecule has 166 valence electrons. The van der Waals surface area contributed by atoms with Crippen molar-refractivity contribution in [2.45, 2.75) is 12.5 Å². The molecule has 4 rings (SSSR count). The molecule has 0 saturated carbocycles. The minimum absolute atomic E-state index is 0.0205. The summed E-state index contributed by atoms with van der Waals surface area (Å²) in [5.41, 5.74) is 1.28. The lowest BCUT2D eigenvalue weighted by molar-refractivity contribution is -0.129. The number of aliphatic hydroxyl groups is 1. The van der Waals surface area contributed by atoms with Gasteiger partial charge in [0.1, 0.15) is 11.3 Å². The van der Waals surface area contributed by atoms with E-state index in [1.165, 1.54) is 0 Å². The van der Waals surface area contributed by atoms with E-state index in [0.29, 0.717) is 29.9 Å². The van der Waals surface area contributed by atoms with Crippen LogP contribution in [-0.2, 0) is 4.79 Å². The minimum atomic E-state index is -0.736. The summed E-state index contributed by atoms with van der Waals surface area (Å²) in [6.45, 7) is 1.15. The van der Waals surface area contributed by atoms with Gasteiger partial charge < -0.3 is 24.1 Å². The Bertz CT molecular complexity index is 1160. The van der Waals surface area contributed by atoms with Crippen LogP contribution < -0.4 is 4.74 Å². The second kappa shape index (κ2) is 8.88. The number of ether oxygens (including phenoxy) is 1. The van der Waals surface area contributed by atoms with E-state index in [-0.39, 0.29) is 11.3 Å². The summed E-state index contributed by atoms with van der Waals surface area (Å²) in [5.74, 6) is -0.909. The second-order valence-corrected chi connectivity index (χ2v) is 8.07. The van der Waals surface area contributed by atoms with Crippen LogP contribution in [0.4, 0.5) is 0 Å². The zero-order valence-electron chi connectivity index (χ0n) is 18.4. The maximum absolute atomic E-state index is 13.5. The lowest BCUT2D eigenvalue weighted by Gasteiger charge is -2.27. The van der Waals surface area contributed by atoms with E-state index in [1.54, 1.807) is 42.3 Å². The second-order valence-electron chi connectivity index (χ2n) is 8.07. The van der Waals surface area contributed by atoms with Gasteiger partial charge in [0, 0.05) is 11.9 Å². The van der Waals surface area contributed by atoms with E-state index in [1.807, 2.05) is 43.3 Å². The van der Waals surface area contributed by atoms with E-state index in [9.17, 15) is 14.7 Å². The third-order valence-electron chi connectivity index (χ3n) is 5.61. The molecule has 7 heteroatoms. The molecule has 1 amide bonds. The third kappa shape index (κ3) is 3.99. The standard InChI is InChI=1S/C25H26N2O5/c1-26(2)12-7-13-27-22(17-9-6-10-18(14-17)31-3)21(24(29)25(27)30)23(28)20-15-16-8-4-5-11-19(16)32-20/h4-6,8-11,14-15,22,29H,7,12-13H2,1-3H3/t22-/m0/s1. The number of methoxy groups -OCH3 is 1. The van der Waals surface area contributed by atoms with Crippen molar-refractivity contribution >= 4 is 22.7 Å². The summed E-state index contributed by atoms with van der Waals surface area (Å²) in [4.78, 5) is 30.1. The number of carbonyl (C=O) groups excluding carboxylic acids is 2. The molecule has 1 aliphatic rings. The molecule has 0 fully saturated rings. The molecular formula is C25H26N2O5. The van der Waals surface area contributed by atoms with E-state index in [2.05, 4.69) is 0 Å². The Morgan fingerprint density at radius 2 is 1.94 bits per heavy atom. The van der Waals surface area contributed by atoms with E-state index >= 15 is 0 Å². The number of carbonyl (C=O) groups is 2. The number of fused-ring (bicyclic) bond motifs is 1. The van der Waals surface area contributed by atoms with Gasteiger partial charge in [-0.1, -0.05) is 30.3 Å². The van der Waals surface area contributed by atoms with Crippen LogP contribution in [0.1, 0.15) is 28.6 Å². The predicted octanol–water partition coefficient (Wildman–Crippen LogP) is 3.97. The number of rotatable bonds is 8. The van der Waals surface area contributed by atoms with Crippen LogP contribution in [0.5, 0.6) is 5.75 Å². The highest BCUT2D eigenvalue weighted by Gasteiger charge is 2.44. The number of nitrogens with zero attached hydrogens (tertiary/aromatic N) is 2. The number of Topliss-reactive ketones (excluding diaryl/α,β-unsaturated/α-hetero) is 1. The molecular weight excluding hydrogens is 408 g/mol. The van der Waals surface area contributed by atoms with Gasteiger partial charge in [-0.25, -0.2) is 0 Å². The molecule has 2 aromatic carbocycles. The molecule has 1 atom stereocenters. The fourth-order valence-electron chi connectivity index (χ4n) is 4.06. The molecule has 32 heavy (non-hydrogen) atoms. The van der Waals surface area contributed by atoms with Gasteiger partial charge in [-0.3, -0.25) is 9.59 Å². The smallest absolute Gasteiger partial charge is 0.290 e. The van der Waals surface area contributed by atoms with Crippen molar-refractivity contribution in [2.24, 2.45) is 0 Å². The monoisotopic (exact) mass is 434 g/mol.